The Bertz CT molecular complexity index is 365. The molecule has 0 aliphatic carbocycles. The second kappa shape index (κ2) is 12.1. The van der Waals surface area contributed by atoms with Crippen molar-refractivity contribution in [3.63, 3.8) is 0 Å². The summed E-state index contributed by atoms with van der Waals surface area (Å²) in [6, 6.07) is 0. The Kier molecular flexibility index (Phi) is 10.3. The van der Waals surface area contributed by atoms with E-state index in [1.807, 2.05) is 0 Å². The predicted molar refractivity (Wildman–Crippen MR) is 88.3 cm³/mol. The van der Waals surface area contributed by atoms with Crippen LogP contribution in [0.2, 0.25) is 0 Å². The van der Waals surface area contributed by atoms with Crippen molar-refractivity contribution in [2.24, 2.45) is 0 Å². The maximum atomic E-state index is 11.6. The zero-order valence-electron chi connectivity index (χ0n) is 14.5. The summed E-state index contributed by atoms with van der Waals surface area (Å²) in [6.45, 7) is 2.23. The molecule has 0 unspecified atom stereocenters. The van der Waals surface area contributed by atoms with E-state index in [9.17, 15) is 14.4 Å². The van der Waals surface area contributed by atoms with Crippen LogP contribution in [0, 0.1) is 0 Å². The van der Waals surface area contributed by atoms with Crippen LogP contribution in [-0.4, -0.2) is 22.8 Å². The molecule has 23 heavy (non-hydrogen) atoms. The molecule has 1 saturated heterocycles. The standard InChI is InChI=1S/C18H31NO4/c1-2-3-4-5-6-7-8-9-10-11-12-13-18(22)23-19-16(20)14-15-17(19)21/h2-15H2,1H3/i1+1,2+1,3+1,4+1,5+1,6+1,7+1,8+1,9+1,10+1,11+1,12+1,13+1,18+1. The normalized spacial score (nSPS) is 14.6. The SMILES string of the molecule is [13CH3][13CH2][13CH2][13CH2][13CH2][13CH2][13CH2][13CH2][13CH2][13CH2][13CH2][13CH2][13CH2][13C](=O)ON1C(=O)CCC1=O. The highest BCUT2D eigenvalue weighted by Crippen LogP contribution is 2.14. The molecule has 0 aromatic carbocycles. The third-order valence-corrected chi connectivity index (χ3v) is 4.18. The summed E-state index contributed by atoms with van der Waals surface area (Å²) < 4.78 is 0. The molecule has 1 aliphatic heterocycles. The van der Waals surface area contributed by atoms with Gasteiger partial charge in [-0.3, -0.25) is 9.59 Å². The Hall–Kier alpha value is -1.39. The second-order valence-corrected chi connectivity index (χ2v) is 6.33. The monoisotopic (exact) mass is 339 g/mol. The van der Waals surface area contributed by atoms with E-state index in [4.69, 9.17) is 4.84 Å². The molecule has 0 aromatic heterocycles. The van der Waals surface area contributed by atoms with E-state index in [2.05, 4.69) is 6.92 Å². The molecule has 1 rings (SSSR count). The van der Waals surface area contributed by atoms with Crippen LogP contribution in [0.5, 0.6) is 0 Å². The lowest BCUT2D eigenvalue weighted by Gasteiger charge is -2.12. The molecule has 0 radical (unpaired) electrons. The van der Waals surface area contributed by atoms with Gasteiger partial charge in [0.05, 0.1) is 0 Å². The minimum absolute atomic E-state index is 0.143. The molecule has 0 N–H and O–H groups in total. The van der Waals surface area contributed by atoms with E-state index in [1.165, 1.54) is 51.4 Å². The highest BCUT2D eigenvalue weighted by Gasteiger charge is 2.32. The molecular weight excluding hydrogens is 308 g/mol. The van der Waals surface area contributed by atoms with Crippen molar-refractivity contribution in [1.82, 2.24) is 5.06 Å². The molecular formula is C18H31NO4. The van der Waals surface area contributed by atoms with Crippen molar-refractivity contribution in [3.8, 4) is 0 Å². The van der Waals surface area contributed by atoms with Gasteiger partial charge >= 0.3 is 5.97 Å². The molecule has 0 bridgehead atoms. The van der Waals surface area contributed by atoms with Gasteiger partial charge in [-0.15, -0.1) is 5.06 Å². The summed E-state index contributed by atoms with van der Waals surface area (Å²) in [5.74, 6) is -1.31. The predicted octanol–water partition coefficient (Wildman–Crippen LogP) is 4.29. The third kappa shape index (κ3) is 8.72. The van der Waals surface area contributed by atoms with Crippen LogP contribution in [0.15, 0.2) is 0 Å². The van der Waals surface area contributed by atoms with Crippen molar-refractivity contribution in [3.05, 3.63) is 0 Å². The van der Waals surface area contributed by atoms with Gasteiger partial charge in [-0.1, -0.05) is 71.1 Å². The number of carbonyl (C=O) groups is 3. The van der Waals surface area contributed by atoms with Gasteiger partial charge in [0.1, 0.15) is 0 Å². The molecule has 1 fully saturated rings. The Morgan fingerprint density at radius 3 is 1.74 bits per heavy atom. The molecule has 5 heteroatoms. The van der Waals surface area contributed by atoms with Crippen molar-refractivity contribution >= 4 is 17.8 Å². The molecule has 2 amide bonds. The van der Waals surface area contributed by atoms with E-state index < -0.39 is 17.8 Å². The minimum atomic E-state index is -0.482. The van der Waals surface area contributed by atoms with Crippen LogP contribution in [0.3, 0.4) is 0 Å². The lowest BCUT2D eigenvalue weighted by atomic mass is 10.4. The summed E-state index contributed by atoms with van der Waals surface area (Å²) in [6.07, 6.45) is 13.9. The molecule has 0 atom stereocenters. The van der Waals surface area contributed by atoms with E-state index in [1.54, 1.807) is 0 Å². The molecule has 5 nitrogen and oxygen atoms in total. The Morgan fingerprint density at radius 2 is 1.26 bits per heavy atom. The molecule has 1 heterocycles. The first kappa shape index (κ1) is 19.7. The maximum absolute atomic E-state index is 11.6. The number of rotatable bonds is 13. The smallest absolute Gasteiger partial charge is 0.330 e. The first-order valence-electron chi connectivity index (χ1n) is 9.21. The van der Waals surface area contributed by atoms with Crippen molar-refractivity contribution < 1.29 is 19.2 Å². The zero-order chi connectivity index (χ0) is 16.9. The molecule has 0 spiro atoms. The summed E-state index contributed by atoms with van der Waals surface area (Å²) >= 11 is 0. The van der Waals surface area contributed by atoms with Crippen LogP contribution in [0.1, 0.15) is 96.8 Å². The Balaban J connectivity index is 1.90. The van der Waals surface area contributed by atoms with Crippen LogP contribution in [0.4, 0.5) is 0 Å². The van der Waals surface area contributed by atoms with Crippen molar-refractivity contribution in [1.29, 1.82) is 0 Å². The fourth-order valence-electron chi connectivity index (χ4n) is 2.74. The molecule has 0 aromatic rings. The first-order valence-corrected chi connectivity index (χ1v) is 9.21. The number of imide groups is 1. The first-order chi connectivity index (χ1) is 11.1. The topological polar surface area (TPSA) is 63.7 Å². The van der Waals surface area contributed by atoms with Gasteiger partial charge in [-0.25, -0.2) is 4.79 Å². The van der Waals surface area contributed by atoms with Gasteiger partial charge in [-0.05, 0) is 6.42 Å². The number of nitrogens with zero attached hydrogens (tertiary/aromatic N) is 1. The number of carbonyl (C=O) groups excluding carboxylic acids is 3. The van der Waals surface area contributed by atoms with Crippen LogP contribution >= 0.6 is 0 Å². The third-order valence-electron chi connectivity index (χ3n) is 4.18. The zero-order valence-corrected chi connectivity index (χ0v) is 14.5. The molecule has 132 valence electrons. The van der Waals surface area contributed by atoms with Crippen molar-refractivity contribution in [2.75, 3.05) is 0 Å². The number of hydrogen-bond acceptors (Lipinski definition) is 4. The van der Waals surface area contributed by atoms with Gasteiger partial charge in [0.15, 0.2) is 0 Å². The van der Waals surface area contributed by atoms with Crippen LogP contribution in [-0.2, 0) is 19.2 Å². The lowest BCUT2D eigenvalue weighted by molar-refractivity contribution is -0.197. The van der Waals surface area contributed by atoms with E-state index in [0.29, 0.717) is 5.06 Å². The van der Waals surface area contributed by atoms with E-state index in [0.717, 1.165) is 19.3 Å². The fraction of sp³-hybridized carbons (Fsp3) is 0.833. The molecule has 0 saturated carbocycles. The highest BCUT2D eigenvalue weighted by molar-refractivity contribution is 6.01. The Morgan fingerprint density at radius 1 is 0.826 bits per heavy atom. The number of amides is 2. The number of unbranched alkanes of at least 4 members (excludes halogenated alkanes) is 10. The van der Waals surface area contributed by atoms with Gasteiger partial charge in [0.2, 0.25) is 0 Å². The van der Waals surface area contributed by atoms with Crippen LogP contribution in [0.25, 0.3) is 0 Å². The summed E-state index contributed by atoms with van der Waals surface area (Å²) in [5, 5.41) is 0.626. The van der Waals surface area contributed by atoms with Gasteiger partial charge < -0.3 is 4.84 Å². The summed E-state index contributed by atoms with van der Waals surface area (Å²) in [5.41, 5.74) is 0. The average Bonchev–Trinajstić information content (AvgIpc) is 2.84. The lowest BCUT2D eigenvalue weighted by Crippen LogP contribution is -2.31. The van der Waals surface area contributed by atoms with Crippen LogP contribution < -0.4 is 0 Å². The maximum Gasteiger partial charge on any atom is 0.333 e. The largest absolute Gasteiger partial charge is 0.333 e. The average molecular weight is 339 g/mol. The van der Waals surface area contributed by atoms with Gasteiger partial charge in [-0.2, -0.15) is 0 Å². The molecule has 1 aliphatic rings. The number of hydroxylamine groups is 2. The van der Waals surface area contributed by atoms with E-state index >= 15 is 0 Å². The van der Waals surface area contributed by atoms with Gasteiger partial charge in [0, 0.05) is 19.3 Å². The second-order valence-electron chi connectivity index (χ2n) is 6.33. The van der Waals surface area contributed by atoms with E-state index in [-0.39, 0.29) is 19.3 Å². The summed E-state index contributed by atoms with van der Waals surface area (Å²) in [4.78, 5) is 39.0. The fourth-order valence-corrected chi connectivity index (χ4v) is 2.74. The highest BCUT2D eigenvalue weighted by atomic mass is 16.8. The Labute approximate surface area is 139 Å². The quantitative estimate of drug-likeness (QED) is 0.285. The minimum Gasteiger partial charge on any atom is -0.330 e. The summed E-state index contributed by atoms with van der Waals surface area (Å²) in [7, 11) is 0. The van der Waals surface area contributed by atoms with Crippen molar-refractivity contribution in [2.45, 2.75) is 96.8 Å². The number of hydrogen-bond donors (Lipinski definition) is 0. The van der Waals surface area contributed by atoms with Gasteiger partial charge in [0.25, 0.3) is 11.8 Å².